The number of aromatic nitrogens is 1. The van der Waals surface area contributed by atoms with Crippen molar-refractivity contribution in [3.05, 3.63) is 36.0 Å². The molecule has 0 fully saturated rings. The van der Waals surface area contributed by atoms with Crippen molar-refractivity contribution in [1.29, 1.82) is 0 Å². The number of carboxylic acid groups (broad SMARTS) is 1. The molecule has 12 heteroatoms. The van der Waals surface area contributed by atoms with Gasteiger partial charge in [-0.15, -0.1) is 0 Å². The van der Waals surface area contributed by atoms with E-state index in [1.807, 2.05) is 24.3 Å². The van der Waals surface area contributed by atoms with E-state index in [1.54, 1.807) is 6.20 Å². The molecule has 11 nitrogen and oxygen atoms in total. The van der Waals surface area contributed by atoms with Gasteiger partial charge in [0, 0.05) is 29.3 Å². The van der Waals surface area contributed by atoms with Crippen LogP contribution in [-0.4, -0.2) is 74.9 Å². The van der Waals surface area contributed by atoms with Gasteiger partial charge in [0.2, 0.25) is 17.7 Å². The smallest absolute Gasteiger partial charge is 0.328 e. The minimum Gasteiger partial charge on any atom is -0.480 e. The molecule has 0 saturated carbocycles. The predicted molar refractivity (Wildman–Crippen MR) is 125 cm³/mol. The Morgan fingerprint density at radius 2 is 1.64 bits per heavy atom. The van der Waals surface area contributed by atoms with Gasteiger partial charge in [-0.2, -0.15) is 12.6 Å². The number of aliphatic hydroxyl groups is 1. The molecule has 2 aromatic rings. The molecule has 0 radical (unpaired) electrons. The number of rotatable bonds is 11. The van der Waals surface area contributed by atoms with Gasteiger partial charge in [-0.1, -0.05) is 18.2 Å². The molecular weight excluding hydrogens is 450 g/mol. The number of para-hydroxylation sites is 1. The average molecular weight is 480 g/mol. The number of carbonyl (C=O) groups is 4. The van der Waals surface area contributed by atoms with Crippen LogP contribution in [0.3, 0.4) is 0 Å². The van der Waals surface area contributed by atoms with Gasteiger partial charge in [-0.3, -0.25) is 14.4 Å². The summed E-state index contributed by atoms with van der Waals surface area (Å²) in [5.41, 5.74) is 7.06. The van der Waals surface area contributed by atoms with Gasteiger partial charge in [0.1, 0.15) is 12.1 Å². The number of aromatic amines is 1. The van der Waals surface area contributed by atoms with E-state index < -0.39 is 54.0 Å². The quantitative estimate of drug-likeness (QED) is 0.188. The van der Waals surface area contributed by atoms with E-state index in [-0.39, 0.29) is 12.2 Å². The average Bonchev–Trinajstić information content (AvgIpc) is 3.17. The molecule has 0 saturated heterocycles. The second-order valence-electron chi connectivity index (χ2n) is 7.72. The maximum Gasteiger partial charge on any atom is 0.328 e. The molecule has 5 unspecified atom stereocenters. The summed E-state index contributed by atoms with van der Waals surface area (Å²) in [6.07, 6.45) is 0.342. The number of benzene rings is 1. The zero-order valence-corrected chi connectivity index (χ0v) is 19.1. The maximum absolute atomic E-state index is 13.0. The van der Waals surface area contributed by atoms with Crippen molar-refractivity contribution >= 4 is 47.2 Å². The normalized spacial score (nSPS) is 15.7. The lowest BCUT2D eigenvalue weighted by Gasteiger charge is -2.25. The molecule has 8 N–H and O–H groups in total. The number of amides is 3. The molecular formula is C21H29N5O6S. The number of carboxylic acids is 1. The number of nitrogens with two attached hydrogens (primary N) is 1. The molecule has 0 aliphatic carbocycles. The van der Waals surface area contributed by atoms with Crippen LogP contribution in [0.2, 0.25) is 0 Å². The van der Waals surface area contributed by atoms with E-state index in [0.29, 0.717) is 5.56 Å². The Balaban J connectivity index is 2.29. The summed E-state index contributed by atoms with van der Waals surface area (Å²) in [6.45, 7) is 2.69. The van der Waals surface area contributed by atoms with E-state index in [2.05, 4.69) is 33.6 Å². The van der Waals surface area contributed by atoms with Gasteiger partial charge in [0.05, 0.1) is 12.1 Å². The second-order valence-corrected chi connectivity index (χ2v) is 8.09. The topological polar surface area (TPSA) is 187 Å². The van der Waals surface area contributed by atoms with E-state index in [1.165, 1.54) is 13.8 Å². The fraction of sp³-hybridized carbons (Fsp3) is 0.429. The third-order valence-corrected chi connectivity index (χ3v) is 5.37. The molecule has 33 heavy (non-hydrogen) atoms. The lowest BCUT2D eigenvalue weighted by Crippen LogP contribution is -2.59. The first-order valence-corrected chi connectivity index (χ1v) is 10.9. The Hall–Kier alpha value is -3.09. The summed E-state index contributed by atoms with van der Waals surface area (Å²) in [6, 6.07) is 2.65. The number of thiol groups is 1. The fourth-order valence-corrected chi connectivity index (χ4v) is 3.40. The highest BCUT2D eigenvalue weighted by Crippen LogP contribution is 2.19. The predicted octanol–water partition coefficient (Wildman–Crippen LogP) is -1.09. The number of carbonyl (C=O) groups excluding carboxylic acids is 3. The van der Waals surface area contributed by atoms with Crippen LogP contribution in [0.4, 0.5) is 0 Å². The summed E-state index contributed by atoms with van der Waals surface area (Å²) in [7, 11) is 0. The second kappa shape index (κ2) is 11.7. The van der Waals surface area contributed by atoms with Crippen LogP contribution < -0.4 is 21.7 Å². The Morgan fingerprint density at radius 3 is 2.21 bits per heavy atom. The van der Waals surface area contributed by atoms with Crippen molar-refractivity contribution in [3.8, 4) is 0 Å². The molecule has 0 aliphatic heterocycles. The standard InChI is InChI=1S/C21H29N5O6S/c1-10(22)18(28)25-16(9-33)20(30)24-15(19(29)26-17(11(2)27)21(31)32)7-12-8-23-14-6-4-3-5-13(12)14/h3-6,8,10-11,15-17,23,27,33H,7,9,22H2,1-2H3,(H,24,30)(H,25,28)(H,26,29)(H,31,32). The highest BCUT2D eigenvalue weighted by Gasteiger charge is 2.31. The summed E-state index contributed by atoms with van der Waals surface area (Å²) in [4.78, 5) is 52.2. The minimum atomic E-state index is -1.57. The summed E-state index contributed by atoms with van der Waals surface area (Å²) < 4.78 is 0. The van der Waals surface area contributed by atoms with Crippen LogP contribution in [0.5, 0.6) is 0 Å². The molecule has 5 atom stereocenters. The number of H-pyrrole nitrogens is 1. The fourth-order valence-electron chi connectivity index (χ4n) is 3.14. The highest BCUT2D eigenvalue weighted by atomic mass is 32.1. The zero-order chi connectivity index (χ0) is 24.7. The lowest BCUT2D eigenvalue weighted by molar-refractivity contribution is -0.145. The number of aliphatic carboxylic acids is 1. The molecule has 1 aromatic heterocycles. The van der Waals surface area contributed by atoms with Crippen molar-refractivity contribution in [2.24, 2.45) is 5.73 Å². The van der Waals surface area contributed by atoms with Gasteiger partial charge < -0.3 is 36.9 Å². The monoisotopic (exact) mass is 479 g/mol. The van der Waals surface area contributed by atoms with Crippen LogP contribution in [0, 0.1) is 0 Å². The molecule has 2 rings (SSSR count). The van der Waals surface area contributed by atoms with E-state index in [4.69, 9.17) is 5.73 Å². The van der Waals surface area contributed by atoms with Crippen molar-refractivity contribution in [2.75, 3.05) is 5.75 Å². The molecule has 0 spiro atoms. The highest BCUT2D eigenvalue weighted by molar-refractivity contribution is 7.80. The minimum absolute atomic E-state index is 0.0221. The summed E-state index contributed by atoms with van der Waals surface area (Å²) in [5, 5.41) is 27.1. The Labute approximate surface area is 195 Å². The number of hydrogen-bond donors (Lipinski definition) is 8. The SMILES string of the molecule is CC(N)C(=O)NC(CS)C(=O)NC(Cc1c[nH]c2ccccc12)C(=O)NC(C(=O)O)C(C)O. The Bertz CT molecular complexity index is 1010. The van der Waals surface area contributed by atoms with Gasteiger partial charge >= 0.3 is 5.97 Å². The number of fused-ring (bicyclic) bond motifs is 1. The summed E-state index contributed by atoms with van der Waals surface area (Å²) in [5.74, 6) is -3.55. The van der Waals surface area contributed by atoms with Crippen molar-refractivity contribution in [2.45, 2.75) is 50.5 Å². The first kappa shape index (κ1) is 26.2. The first-order chi connectivity index (χ1) is 15.5. The third-order valence-electron chi connectivity index (χ3n) is 5.01. The molecule has 3 amide bonds. The van der Waals surface area contributed by atoms with Gasteiger partial charge in [-0.05, 0) is 25.5 Å². The van der Waals surface area contributed by atoms with Crippen molar-refractivity contribution in [1.82, 2.24) is 20.9 Å². The number of nitrogens with one attached hydrogen (secondary N) is 4. The maximum atomic E-state index is 13.0. The first-order valence-electron chi connectivity index (χ1n) is 10.3. The third kappa shape index (κ3) is 6.94. The molecule has 0 aliphatic rings. The van der Waals surface area contributed by atoms with E-state index >= 15 is 0 Å². The van der Waals surface area contributed by atoms with Crippen LogP contribution in [0.15, 0.2) is 30.5 Å². The van der Waals surface area contributed by atoms with E-state index in [9.17, 15) is 29.4 Å². The van der Waals surface area contributed by atoms with Crippen LogP contribution >= 0.6 is 12.6 Å². The van der Waals surface area contributed by atoms with Crippen LogP contribution in [-0.2, 0) is 25.6 Å². The lowest BCUT2D eigenvalue weighted by atomic mass is 10.0. The summed E-state index contributed by atoms with van der Waals surface area (Å²) >= 11 is 4.09. The molecule has 1 aromatic carbocycles. The number of hydrogen-bond acceptors (Lipinski definition) is 7. The van der Waals surface area contributed by atoms with Crippen LogP contribution in [0.25, 0.3) is 10.9 Å². The Kier molecular flexibility index (Phi) is 9.26. The Morgan fingerprint density at radius 1 is 1.03 bits per heavy atom. The van der Waals surface area contributed by atoms with Crippen LogP contribution in [0.1, 0.15) is 19.4 Å². The van der Waals surface area contributed by atoms with E-state index in [0.717, 1.165) is 10.9 Å². The molecule has 180 valence electrons. The van der Waals surface area contributed by atoms with Crippen molar-refractivity contribution < 1.29 is 29.4 Å². The molecule has 0 bridgehead atoms. The largest absolute Gasteiger partial charge is 0.480 e. The molecule has 1 heterocycles. The van der Waals surface area contributed by atoms with Gasteiger partial charge in [0.15, 0.2) is 6.04 Å². The van der Waals surface area contributed by atoms with Crippen molar-refractivity contribution in [3.63, 3.8) is 0 Å². The van der Waals surface area contributed by atoms with Gasteiger partial charge in [-0.25, -0.2) is 4.79 Å². The zero-order valence-electron chi connectivity index (χ0n) is 18.2. The van der Waals surface area contributed by atoms with Gasteiger partial charge in [0.25, 0.3) is 0 Å². The number of aliphatic hydroxyl groups excluding tert-OH is 1.